The molecule has 1 amide bonds. The van der Waals surface area contributed by atoms with Crippen LogP contribution in [-0.2, 0) is 6.54 Å². The van der Waals surface area contributed by atoms with Gasteiger partial charge >= 0.3 is 6.36 Å². The average molecular weight is 497 g/mol. The zero-order valence-corrected chi connectivity index (χ0v) is 19.2. The zero-order chi connectivity index (χ0) is 24.6. The van der Waals surface area contributed by atoms with Gasteiger partial charge in [0.15, 0.2) is 5.13 Å². The number of fused-ring (bicyclic) bond motifs is 2. The Morgan fingerprint density at radius 3 is 2.69 bits per heavy atom. The Hall–Kier alpha value is -4.05. The number of nitrogens with one attached hydrogen (secondary N) is 3. The fraction of sp³-hybridized carbons (Fsp3) is 0.120. The first-order valence-electron chi connectivity index (χ1n) is 10.6. The third-order valence-electron chi connectivity index (χ3n) is 5.45. The smallest absolute Gasteiger partial charge is 0.406 e. The molecule has 2 heterocycles. The largest absolute Gasteiger partial charge is 0.573 e. The van der Waals surface area contributed by atoms with Crippen molar-refractivity contribution in [2.24, 2.45) is 0 Å². The van der Waals surface area contributed by atoms with E-state index in [9.17, 15) is 18.0 Å². The van der Waals surface area contributed by atoms with Crippen LogP contribution < -0.4 is 15.4 Å². The van der Waals surface area contributed by atoms with E-state index in [1.165, 1.54) is 18.2 Å². The molecule has 3 aromatic carbocycles. The quantitative estimate of drug-likeness (QED) is 0.257. The Morgan fingerprint density at radius 1 is 1.09 bits per heavy atom. The number of anilines is 1. The van der Waals surface area contributed by atoms with E-state index in [1.54, 1.807) is 23.6 Å². The fourth-order valence-electron chi connectivity index (χ4n) is 3.83. The van der Waals surface area contributed by atoms with Gasteiger partial charge in [-0.3, -0.25) is 4.79 Å². The van der Waals surface area contributed by atoms with E-state index in [0.29, 0.717) is 11.1 Å². The number of halogens is 3. The Kier molecular flexibility index (Phi) is 5.81. The van der Waals surface area contributed by atoms with Gasteiger partial charge in [0.2, 0.25) is 0 Å². The average Bonchev–Trinajstić information content (AvgIpc) is 3.44. The van der Waals surface area contributed by atoms with Crippen molar-refractivity contribution < 1.29 is 22.7 Å². The molecule has 0 aliphatic rings. The lowest BCUT2D eigenvalue weighted by Crippen LogP contribution is -2.22. The number of H-pyrrole nitrogens is 1. The number of alkyl halides is 3. The zero-order valence-electron chi connectivity index (χ0n) is 18.4. The van der Waals surface area contributed by atoms with Crippen LogP contribution in [0.2, 0.25) is 0 Å². The minimum Gasteiger partial charge on any atom is -0.406 e. The highest BCUT2D eigenvalue weighted by atomic mass is 32.1. The molecule has 0 spiro atoms. The first kappa shape index (κ1) is 22.7. The normalized spacial score (nSPS) is 11.7. The molecular formula is C25H19F3N4O2S. The minimum atomic E-state index is -4.77. The van der Waals surface area contributed by atoms with Crippen LogP contribution in [0.1, 0.15) is 15.9 Å². The second-order valence-corrected chi connectivity index (χ2v) is 8.82. The van der Waals surface area contributed by atoms with Crippen molar-refractivity contribution in [1.82, 2.24) is 15.3 Å². The molecule has 10 heteroatoms. The summed E-state index contributed by atoms with van der Waals surface area (Å²) in [5.41, 5.74) is 4.59. The molecule has 2 aromatic heterocycles. The summed E-state index contributed by atoms with van der Waals surface area (Å²) >= 11 is 1.56. The number of hydrogen-bond acceptors (Lipinski definition) is 5. The standard InChI is InChI=1S/C25H19F3N4O2S/c1-29-24-32-21-8-6-16(11-22(21)35-24)15-5-7-20-18(10-15)19(13-30-20)23(33)31-12-14-3-2-4-17(9-14)34-25(26,27)28/h2-11,13,30H,12H2,1H3,(H,29,32)(H,31,33). The van der Waals surface area contributed by atoms with Crippen LogP contribution in [0.15, 0.2) is 66.9 Å². The van der Waals surface area contributed by atoms with Crippen molar-refractivity contribution in [3.63, 3.8) is 0 Å². The molecule has 178 valence electrons. The Balaban J connectivity index is 1.37. The van der Waals surface area contributed by atoms with E-state index in [4.69, 9.17) is 0 Å². The Bertz CT molecular complexity index is 1540. The molecule has 0 radical (unpaired) electrons. The molecule has 0 atom stereocenters. The Labute approximate surface area is 201 Å². The molecular weight excluding hydrogens is 477 g/mol. The minimum absolute atomic E-state index is 0.0517. The van der Waals surface area contributed by atoms with Crippen LogP contribution in [0.5, 0.6) is 5.75 Å². The molecule has 3 N–H and O–H groups in total. The summed E-state index contributed by atoms with van der Waals surface area (Å²) in [6, 6.07) is 17.4. The van der Waals surface area contributed by atoms with Crippen LogP contribution >= 0.6 is 11.3 Å². The molecule has 5 rings (SSSR count). The number of ether oxygens (including phenoxy) is 1. The van der Waals surface area contributed by atoms with Crippen molar-refractivity contribution in [3.05, 3.63) is 78.0 Å². The van der Waals surface area contributed by atoms with Gasteiger partial charge in [0.05, 0.1) is 15.8 Å². The second kappa shape index (κ2) is 8.95. The van der Waals surface area contributed by atoms with E-state index in [-0.39, 0.29) is 18.2 Å². The number of thiazole rings is 1. The molecule has 0 bridgehead atoms. The number of carbonyl (C=O) groups excluding carboxylic acids is 1. The van der Waals surface area contributed by atoms with Gasteiger partial charge in [-0.1, -0.05) is 35.6 Å². The van der Waals surface area contributed by atoms with E-state index < -0.39 is 6.36 Å². The van der Waals surface area contributed by atoms with Crippen molar-refractivity contribution in [3.8, 4) is 16.9 Å². The molecule has 0 saturated carbocycles. The summed E-state index contributed by atoms with van der Waals surface area (Å²) in [6.45, 7) is 0.0517. The van der Waals surface area contributed by atoms with Crippen LogP contribution in [0.4, 0.5) is 18.3 Å². The summed E-state index contributed by atoms with van der Waals surface area (Å²) in [6.07, 6.45) is -3.15. The van der Waals surface area contributed by atoms with Crippen molar-refractivity contribution in [2.75, 3.05) is 12.4 Å². The highest BCUT2D eigenvalue weighted by Crippen LogP contribution is 2.32. The number of nitrogens with zero attached hydrogens (tertiary/aromatic N) is 1. The molecule has 5 aromatic rings. The van der Waals surface area contributed by atoms with Crippen molar-refractivity contribution in [1.29, 1.82) is 0 Å². The summed E-state index contributed by atoms with van der Waals surface area (Å²) in [5, 5.41) is 7.41. The van der Waals surface area contributed by atoms with Gasteiger partial charge in [-0.2, -0.15) is 0 Å². The predicted molar refractivity (Wildman–Crippen MR) is 131 cm³/mol. The summed E-state index contributed by atoms with van der Waals surface area (Å²) in [4.78, 5) is 20.5. The van der Waals surface area contributed by atoms with Gasteiger partial charge in [0.1, 0.15) is 5.75 Å². The van der Waals surface area contributed by atoms with E-state index >= 15 is 0 Å². The maximum Gasteiger partial charge on any atom is 0.573 e. The number of hydrogen-bond donors (Lipinski definition) is 3. The molecule has 0 aliphatic carbocycles. The summed E-state index contributed by atoms with van der Waals surface area (Å²) in [5.74, 6) is -0.673. The first-order chi connectivity index (χ1) is 16.8. The number of amides is 1. The van der Waals surface area contributed by atoms with Crippen molar-refractivity contribution >= 4 is 43.5 Å². The van der Waals surface area contributed by atoms with Gasteiger partial charge < -0.3 is 20.4 Å². The topological polar surface area (TPSA) is 79.0 Å². The molecule has 0 unspecified atom stereocenters. The van der Waals surface area contributed by atoms with Crippen LogP contribution in [-0.4, -0.2) is 29.3 Å². The lowest BCUT2D eigenvalue weighted by molar-refractivity contribution is -0.274. The van der Waals surface area contributed by atoms with Crippen LogP contribution in [0.25, 0.3) is 32.2 Å². The third kappa shape index (κ3) is 4.92. The lowest BCUT2D eigenvalue weighted by atomic mass is 10.0. The van der Waals surface area contributed by atoms with Gasteiger partial charge in [0, 0.05) is 30.7 Å². The highest BCUT2D eigenvalue weighted by Gasteiger charge is 2.31. The summed E-state index contributed by atoms with van der Waals surface area (Å²) < 4.78 is 42.4. The molecule has 35 heavy (non-hydrogen) atoms. The number of benzene rings is 3. The van der Waals surface area contributed by atoms with Crippen molar-refractivity contribution in [2.45, 2.75) is 12.9 Å². The predicted octanol–water partition coefficient (Wildman–Crippen LogP) is 6.31. The van der Waals surface area contributed by atoms with Crippen LogP contribution in [0.3, 0.4) is 0 Å². The number of carbonyl (C=O) groups is 1. The second-order valence-electron chi connectivity index (χ2n) is 7.79. The van der Waals surface area contributed by atoms with E-state index in [2.05, 4.69) is 31.4 Å². The molecule has 0 saturated heterocycles. The molecule has 6 nitrogen and oxygen atoms in total. The summed E-state index contributed by atoms with van der Waals surface area (Å²) in [7, 11) is 1.83. The van der Waals surface area contributed by atoms with Gasteiger partial charge in [-0.25, -0.2) is 4.98 Å². The fourth-order valence-corrected chi connectivity index (χ4v) is 4.69. The molecule has 0 fully saturated rings. The van der Waals surface area contributed by atoms with E-state index in [1.807, 2.05) is 37.4 Å². The third-order valence-corrected chi connectivity index (χ3v) is 6.48. The monoisotopic (exact) mass is 496 g/mol. The number of aromatic amines is 1. The van der Waals surface area contributed by atoms with Crippen LogP contribution in [0, 0.1) is 0 Å². The maximum atomic E-state index is 12.9. The lowest BCUT2D eigenvalue weighted by Gasteiger charge is -2.10. The highest BCUT2D eigenvalue weighted by molar-refractivity contribution is 7.22. The Morgan fingerprint density at radius 2 is 1.89 bits per heavy atom. The number of aromatic nitrogens is 2. The SMILES string of the molecule is CNc1nc2ccc(-c3ccc4[nH]cc(C(=O)NCc5cccc(OC(F)(F)F)c5)c4c3)cc2s1. The molecule has 0 aliphatic heterocycles. The van der Waals surface area contributed by atoms with Gasteiger partial charge in [-0.05, 0) is 53.1 Å². The maximum absolute atomic E-state index is 12.9. The number of rotatable bonds is 6. The first-order valence-corrected chi connectivity index (χ1v) is 11.4. The van der Waals surface area contributed by atoms with Gasteiger partial charge in [-0.15, -0.1) is 13.2 Å². The van der Waals surface area contributed by atoms with E-state index in [0.717, 1.165) is 37.4 Å². The van der Waals surface area contributed by atoms with Gasteiger partial charge in [0.25, 0.3) is 5.91 Å².